The summed E-state index contributed by atoms with van der Waals surface area (Å²) >= 11 is 0. The summed E-state index contributed by atoms with van der Waals surface area (Å²) in [4.78, 5) is 0. The number of ether oxygens (including phenoxy) is 6. The Morgan fingerprint density at radius 2 is 0.556 bits per heavy atom. The van der Waals surface area contributed by atoms with Crippen LogP contribution in [0.25, 0.3) is 0 Å². The summed E-state index contributed by atoms with van der Waals surface area (Å²) in [5.74, 6) is 0. The normalized spacial score (nSPS) is 15.0. The highest BCUT2D eigenvalue weighted by molar-refractivity contribution is 6.83. The van der Waals surface area contributed by atoms with Crippen LogP contribution in [0.3, 0.4) is 0 Å². The molecule has 0 bridgehead atoms. The molecular weight excluding hydrogens is 709 g/mol. The minimum Gasteiger partial charge on any atom is -0.379 e. The second-order valence-corrected chi connectivity index (χ2v) is 34.3. The zero-order valence-electron chi connectivity index (χ0n) is 40.3. The van der Waals surface area contributed by atoms with E-state index in [0.29, 0.717) is 39.6 Å². The second kappa shape index (κ2) is 21.4. The van der Waals surface area contributed by atoms with Crippen LogP contribution in [0.4, 0.5) is 0 Å². The van der Waals surface area contributed by atoms with Crippen LogP contribution in [0.5, 0.6) is 0 Å². The number of hydrogen-bond donors (Lipinski definition) is 2. The van der Waals surface area contributed by atoms with E-state index in [-0.39, 0.29) is 42.9 Å². The molecule has 0 unspecified atom stereocenters. The van der Waals surface area contributed by atoms with E-state index in [1.165, 1.54) is 0 Å². The summed E-state index contributed by atoms with van der Waals surface area (Å²) < 4.78 is 38.0. The van der Waals surface area contributed by atoms with E-state index in [0.717, 1.165) is 51.9 Å². The predicted octanol–water partition coefficient (Wildman–Crippen LogP) is 10.6. The van der Waals surface area contributed by atoms with Crippen LogP contribution in [0.15, 0.2) is 0 Å². The van der Waals surface area contributed by atoms with Gasteiger partial charge in [0.2, 0.25) is 0 Å². The Kier molecular flexibility index (Phi) is 21.4. The van der Waals surface area contributed by atoms with E-state index in [1.807, 2.05) is 0 Å². The molecule has 0 aromatic carbocycles. The lowest BCUT2D eigenvalue weighted by molar-refractivity contribution is -0.0743. The van der Waals surface area contributed by atoms with Gasteiger partial charge in [-0.25, -0.2) is 0 Å². The van der Waals surface area contributed by atoms with Crippen molar-refractivity contribution in [3.05, 3.63) is 0 Å². The fourth-order valence-corrected chi connectivity index (χ4v) is 10.5. The number of nitrogens with one attached hydrogen (secondary N) is 2. The maximum Gasteiger partial charge on any atom is 0.0900 e. The summed E-state index contributed by atoms with van der Waals surface area (Å²) in [7, 11) is -3.26. The lowest BCUT2D eigenvalue weighted by Crippen LogP contribution is -2.58. The van der Waals surface area contributed by atoms with Gasteiger partial charge in [-0.2, -0.15) is 0 Å². The summed E-state index contributed by atoms with van der Waals surface area (Å²) in [6, 6.07) is 0. The molecule has 8 nitrogen and oxygen atoms in total. The van der Waals surface area contributed by atoms with Crippen molar-refractivity contribution in [2.45, 2.75) is 219 Å². The molecule has 326 valence electrons. The molecule has 0 aromatic rings. The van der Waals surface area contributed by atoms with Gasteiger partial charge in [0.05, 0.1) is 75.4 Å². The van der Waals surface area contributed by atoms with Crippen molar-refractivity contribution >= 4 is 16.1 Å². The van der Waals surface area contributed by atoms with Gasteiger partial charge in [0.1, 0.15) is 0 Å². The summed E-state index contributed by atoms with van der Waals surface area (Å²) in [5.41, 5.74) is -0.900. The predicted molar refractivity (Wildman–Crippen MR) is 239 cm³/mol. The molecule has 54 heavy (non-hydrogen) atoms. The third-order valence-electron chi connectivity index (χ3n) is 13.5. The molecule has 0 aromatic heterocycles. The van der Waals surface area contributed by atoms with E-state index in [4.69, 9.17) is 28.4 Å². The Balaban J connectivity index is 4.20. The van der Waals surface area contributed by atoms with Crippen LogP contribution in [0.1, 0.15) is 150 Å². The molecule has 0 aliphatic carbocycles. The van der Waals surface area contributed by atoms with Gasteiger partial charge in [0.25, 0.3) is 0 Å². The molecule has 0 aliphatic heterocycles. The van der Waals surface area contributed by atoms with Crippen LogP contribution in [-0.4, -0.2) is 115 Å². The zero-order chi connectivity index (χ0) is 42.6. The molecule has 0 heterocycles. The minimum atomic E-state index is -1.63. The molecule has 10 heteroatoms. The molecule has 0 fully saturated rings. The summed E-state index contributed by atoms with van der Waals surface area (Å²) in [6.07, 6.45) is 3.52. The largest absolute Gasteiger partial charge is 0.379 e. The van der Waals surface area contributed by atoms with Crippen molar-refractivity contribution in [2.75, 3.05) is 65.8 Å². The topological polar surface area (TPSA) is 79.4 Å². The molecule has 0 amide bonds. The quantitative estimate of drug-likeness (QED) is 0.0572. The molecule has 2 N–H and O–H groups in total. The summed E-state index contributed by atoms with van der Waals surface area (Å²) in [5, 5.41) is 7.39. The van der Waals surface area contributed by atoms with Gasteiger partial charge in [-0.3, -0.25) is 0 Å². The van der Waals surface area contributed by atoms with Gasteiger partial charge in [-0.05, 0) is 125 Å². The first-order valence-electron chi connectivity index (χ1n) is 21.3. The van der Waals surface area contributed by atoms with Gasteiger partial charge in [0.15, 0.2) is 0 Å². The Bertz CT molecular complexity index is 1040. The van der Waals surface area contributed by atoms with Gasteiger partial charge in [-0.1, -0.05) is 67.7 Å². The van der Waals surface area contributed by atoms with E-state index in [2.05, 4.69) is 161 Å². The van der Waals surface area contributed by atoms with Crippen molar-refractivity contribution < 1.29 is 28.4 Å². The number of hydrogen-bond acceptors (Lipinski definition) is 8. The SMILES string of the molecule is CC(C)(CCNCCOC(C)(C)CCOC(C)(C)[Si](C)(C)C(C)(C)C)OCCC(C)(C)OCCNCCOC(C)(C)CCOC(C)(C)[Si](C)(C)C(C)(C)C. The molecule has 0 atom stereocenters. The fraction of sp³-hybridized carbons (Fsp3) is 1.00. The Labute approximate surface area is 339 Å². The standard InChI is InChI=1S/C44H96N2O6Si2/c1-37(2,3)53(19,20)43(15,16)51-32-25-41(11,12)48-34-28-45-27-23-39(7,8)47-31-24-40(9,10)49-35-29-46-30-36-50-42(13,14)26-33-52-44(17,18)54(21,22)38(4,5)6/h45-46H,23-36H2,1-22H3. The minimum absolute atomic E-state index is 0.0913. The van der Waals surface area contributed by atoms with Crippen LogP contribution >= 0.6 is 0 Å². The Morgan fingerprint density at radius 3 is 0.852 bits per heavy atom. The smallest absolute Gasteiger partial charge is 0.0900 e. The molecule has 0 spiro atoms. The average molecular weight is 805 g/mol. The average Bonchev–Trinajstić information content (AvgIpc) is 2.96. The Morgan fingerprint density at radius 1 is 0.315 bits per heavy atom. The third-order valence-corrected chi connectivity index (χ3v) is 27.3. The van der Waals surface area contributed by atoms with Gasteiger partial charge in [-0.15, -0.1) is 0 Å². The molecular formula is C44H96N2O6Si2. The first-order chi connectivity index (χ1) is 24.0. The van der Waals surface area contributed by atoms with Crippen LogP contribution < -0.4 is 10.6 Å². The third kappa shape index (κ3) is 19.7. The highest BCUT2D eigenvalue weighted by Gasteiger charge is 2.49. The van der Waals surface area contributed by atoms with E-state index in [1.54, 1.807) is 0 Å². The van der Waals surface area contributed by atoms with Gasteiger partial charge >= 0.3 is 0 Å². The van der Waals surface area contributed by atoms with Crippen molar-refractivity contribution in [1.82, 2.24) is 10.6 Å². The Hall–Kier alpha value is 0.114. The molecule has 0 rings (SSSR count). The highest BCUT2D eigenvalue weighted by atomic mass is 28.3. The fourth-order valence-electron chi connectivity index (χ4n) is 5.97. The van der Waals surface area contributed by atoms with Crippen LogP contribution in [-0.2, 0) is 28.4 Å². The number of rotatable bonds is 29. The van der Waals surface area contributed by atoms with Crippen LogP contribution in [0, 0.1) is 0 Å². The lowest BCUT2D eigenvalue weighted by Gasteiger charge is -2.48. The van der Waals surface area contributed by atoms with Crippen LogP contribution in [0.2, 0.25) is 36.3 Å². The second-order valence-electron chi connectivity index (χ2n) is 22.4. The maximum atomic E-state index is 6.50. The molecule has 0 saturated carbocycles. The first kappa shape index (κ1) is 54.1. The maximum absolute atomic E-state index is 6.50. The van der Waals surface area contributed by atoms with Crippen molar-refractivity contribution in [1.29, 1.82) is 0 Å². The van der Waals surface area contributed by atoms with Crippen molar-refractivity contribution in [3.8, 4) is 0 Å². The van der Waals surface area contributed by atoms with Gasteiger partial charge < -0.3 is 39.1 Å². The molecule has 0 aliphatic rings. The lowest BCUT2D eigenvalue weighted by atomic mass is 10.0. The van der Waals surface area contributed by atoms with Crippen molar-refractivity contribution in [2.24, 2.45) is 0 Å². The zero-order valence-corrected chi connectivity index (χ0v) is 42.3. The highest BCUT2D eigenvalue weighted by Crippen LogP contribution is 2.45. The first-order valence-corrected chi connectivity index (χ1v) is 27.3. The van der Waals surface area contributed by atoms with Crippen molar-refractivity contribution in [3.63, 3.8) is 0 Å². The molecule has 0 saturated heterocycles. The summed E-state index contributed by atoms with van der Waals surface area (Å²) in [6.45, 7) is 57.6. The van der Waals surface area contributed by atoms with E-state index >= 15 is 0 Å². The van der Waals surface area contributed by atoms with E-state index in [9.17, 15) is 0 Å². The monoisotopic (exact) mass is 805 g/mol. The van der Waals surface area contributed by atoms with E-state index < -0.39 is 16.1 Å². The molecule has 0 radical (unpaired) electrons. The van der Waals surface area contributed by atoms with Gasteiger partial charge in [0, 0.05) is 32.8 Å².